The van der Waals surface area contributed by atoms with E-state index in [1.807, 2.05) is 7.05 Å². The molecule has 0 aliphatic carbocycles. The molecule has 106 valence electrons. The van der Waals surface area contributed by atoms with Gasteiger partial charge in [-0.3, -0.25) is 4.90 Å². The first kappa shape index (κ1) is 14.2. The van der Waals surface area contributed by atoms with E-state index in [-0.39, 0.29) is 17.5 Å². The van der Waals surface area contributed by atoms with Crippen LogP contribution in [0.4, 0.5) is 0 Å². The number of hydrogen-bond acceptors (Lipinski definition) is 4. The monoisotopic (exact) mass is 264 g/mol. The summed E-state index contributed by atoms with van der Waals surface area (Å²) in [4.78, 5) is 2.43. The second-order valence-corrected chi connectivity index (χ2v) is 5.36. The molecule has 1 aromatic rings. The molecule has 1 fully saturated rings. The van der Waals surface area contributed by atoms with E-state index < -0.39 is 0 Å². The van der Waals surface area contributed by atoms with Gasteiger partial charge in [0.15, 0.2) is 0 Å². The molecular formula is C15H24N2O2. The highest BCUT2D eigenvalue weighted by molar-refractivity contribution is 5.40. The highest BCUT2D eigenvalue weighted by Crippen LogP contribution is 2.34. The summed E-state index contributed by atoms with van der Waals surface area (Å²) < 4.78 is 0. The summed E-state index contributed by atoms with van der Waals surface area (Å²) in [6.45, 7) is 4.11. The topological polar surface area (TPSA) is 55.7 Å². The van der Waals surface area contributed by atoms with Gasteiger partial charge in [-0.1, -0.05) is 6.42 Å². The van der Waals surface area contributed by atoms with Gasteiger partial charge in [0.2, 0.25) is 0 Å². The lowest BCUT2D eigenvalue weighted by Crippen LogP contribution is -2.45. The van der Waals surface area contributed by atoms with E-state index in [0.717, 1.165) is 18.7 Å². The van der Waals surface area contributed by atoms with E-state index in [1.165, 1.54) is 25.3 Å². The minimum atomic E-state index is 0.116. The summed E-state index contributed by atoms with van der Waals surface area (Å²) in [7, 11) is 1.98. The third-order valence-electron chi connectivity index (χ3n) is 4.07. The number of benzene rings is 1. The minimum absolute atomic E-state index is 0.116. The van der Waals surface area contributed by atoms with E-state index >= 15 is 0 Å². The van der Waals surface area contributed by atoms with Crippen LogP contribution < -0.4 is 5.32 Å². The average molecular weight is 264 g/mol. The normalized spacial score (nSPS) is 22.3. The second-order valence-electron chi connectivity index (χ2n) is 5.36. The lowest BCUT2D eigenvalue weighted by Gasteiger charge is -2.40. The van der Waals surface area contributed by atoms with Crippen LogP contribution in [0.3, 0.4) is 0 Å². The molecule has 1 heterocycles. The number of phenolic OH excluding ortho intramolecular Hbond substituents is 2. The first-order chi connectivity index (χ1) is 9.13. The van der Waals surface area contributed by atoms with Gasteiger partial charge in [-0.05, 0) is 51.6 Å². The maximum Gasteiger partial charge on any atom is 0.120 e. The molecule has 1 saturated heterocycles. The number of likely N-dealkylation sites (N-methyl/N-ethyl adjacent to an activating group) is 1. The molecular weight excluding hydrogens is 240 g/mol. The van der Waals surface area contributed by atoms with Crippen LogP contribution in [-0.2, 0) is 0 Å². The summed E-state index contributed by atoms with van der Waals surface area (Å²) in [6.07, 6.45) is 3.65. The zero-order chi connectivity index (χ0) is 13.8. The van der Waals surface area contributed by atoms with Crippen molar-refractivity contribution >= 4 is 0 Å². The van der Waals surface area contributed by atoms with Crippen molar-refractivity contribution in [3.05, 3.63) is 23.8 Å². The molecule has 1 aromatic carbocycles. The minimum Gasteiger partial charge on any atom is -0.508 e. The zero-order valence-corrected chi connectivity index (χ0v) is 11.8. The Morgan fingerprint density at radius 3 is 2.89 bits per heavy atom. The molecule has 2 unspecified atom stereocenters. The molecule has 0 bridgehead atoms. The van der Waals surface area contributed by atoms with Gasteiger partial charge < -0.3 is 15.5 Å². The Kier molecular flexibility index (Phi) is 4.66. The molecule has 0 spiro atoms. The van der Waals surface area contributed by atoms with Crippen molar-refractivity contribution in [2.75, 3.05) is 20.1 Å². The molecule has 1 aliphatic rings. The molecule has 0 saturated carbocycles. The Labute approximate surface area is 115 Å². The number of likely N-dealkylation sites (tertiary alicyclic amines) is 1. The fourth-order valence-electron chi connectivity index (χ4n) is 3.04. The van der Waals surface area contributed by atoms with Crippen LogP contribution in [0.5, 0.6) is 11.5 Å². The van der Waals surface area contributed by atoms with E-state index in [4.69, 9.17) is 0 Å². The van der Waals surface area contributed by atoms with E-state index in [2.05, 4.69) is 17.1 Å². The number of hydrogen-bond donors (Lipinski definition) is 3. The Morgan fingerprint density at radius 1 is 1.37 bits per heavy atom. The Morgan fingerprint density at radius 2 is 2.16 bits per heavy atom. The Balaban J connectivity index is 2.20. The van der Waals surface area contributed by atoms with Gasteiger partial charge in [-0.15, -0.1) is 0 Å². The van der Waals surface area contributed by atoms with Crippen molar-refractivity contribution < 1.29 is 10.2 Å². The number of nitrogens with zero attached hydrogens (tertiary/aromatic N) is 1. The van der Waals surface area contributed by atoms with Crippen LogP contribution in [0.2, 0.25) is 0 Å². The summed E-state index contributed by atoms with van der Waals surface area (Å²) in [5.74, 6) is 0.473. The number of aromatic hydroxyl groups is 2. The van der Waals surface area contributed by atoms with E-state index in [9.17, 15) is 10.2 Å². The highest BCUT2D eigenvalue weighted by atomic mass is 16.3. The standard InChI is InChI=1S/C15H24N2O2/c1-11(14-9-13(18)6-7-15(14)19)17-8-4-3-5-12(17)10-16-2/h6-7,9,11-12,16,18-19H,3-5,8,10H2,1-2H3. The molecule has 4 nitrogen and oxygen atoms in total. The Bertz CT molecular complexity index is 421. The number of piperidine rings is 1. The van der Waals surface area contributed by atoms with Gasteiger partial charge in [0, 0.05) is 24.2 Å². The van der Waals surface area contributed by atoms with Crippen LogP contribution in [-0.4, -0.2) is 41.3 Å². The predicted octanol–water partition coefficient (Wildman–Crippen LogP) is 2.23. The van der Waals surface area contributed by atoms with Gasteiger partial charge in [0.1, 0.15) is 11.5 Å². The quantitative estimate of drug-likeness (QED) is 0.730. The van der Waals surface area contributed by atoms with E-state index in [1.54, 1.807) is 12.1 Å². The van der Waals surface area contributed by atoms with Crippen molar-refractivity contribution in [1.82, 2.24) is 10.2 Å². The van der Waals surface area contributed by atoms with Crippen LogP contribution in [0.1, 0.15) is 37.8 Å². The van der Waals surface area contributed by atoms with Gasteiger partial charge in [0.25, 0.3) is 0 Å². The van der Waals surface area contributed by atoms with Crippen LogP contribution >= 0.6 is 0 Å². The molecule has 0 amide bonds. The van der Waals surface area contributed by atoms with Crippen molar-refractivity contribution in [3.63, 3.8) is 0 Å². The molecule has 4 heteroatoms. The lowest BCUT2D eigenvalue weighted by molar-refractivity contribution is 0.102. The van der Waals surface area contributed by atoms with Gasteiger partial charge >= 0.3 is 0 Å². The predicted molar refractivity (Wildman–Crippen MR) is 76.5 cm³/mol. The maximum atomic E-state index is 10.00. The van der Waals surface area contributed by atoms with Crippen LogP contribution in [0.25, 0.3) is 0 Å². The highest BCUT2D eigenvalue weighted by Gasteiger charge is 2.28. The zero-order valence-electron chi connectivity index (χ0n) is 11.8. The average Bonchev–Trinajstić information content (AvgIpc) is 2.42. The largest absolute Gasteiger partial charge is 0.508 e. The third kappa shape index (κ3) is 3.19. The summed E-state index contributed by atoms with van der Waals surface area (Å²) in [6, 6.07) is 5.37. The molecule has 2 atom stereocenters. The summed E-state index contributed by atoms with van der Waals surface area (Å²) in [5, 5.41) is 22.9. The molecule has 19 heavy (non-hydrogen) atoms. The van der Waals surface area contributed by atoms with Crippen LogP contribution in [0.15, 0.2) is 18.2 Å². The maximum absolute atomic E-state index is 10.00. The fourth-order valence-corrected chi connectivity index (χ4v) is 3.04. The SMILES string of the molecule is CNCC1CCCCN1C(C)c1cc(O)ccc1O. The van der Waals surface area contributed by atoms with Crippen LogP contribution in [0, 0.1) is 0 Å². The van der Waals surface area contributed by atoms with Gasteiger partial charge in [-0.25, -0.2) is 0 Å². The Hall–Kier alpha value is -1.26. The molecule has 3 N–H and O–H groups in total. The van der Waals surface area contributed by atoms with Crippen molar-refractivity contribution in [1.29, 1.82) is 0 Å². The second kappa shape index (κ2) is 6.26. The first-order valence-electron chi connectivity index (χ1n) is 7.05. The number of rotatable bonds is 4. The molecule has 0 radical (unpaired) electrons. The van der Waals surface area contributed by atoms with E-state index in [0.29, 0.717) is 6.04 Å². The molecule has 0 aromatic heterocycles. The smallest absolute Gasteiger partial charge is 0.120 e. The van der Waals surface area contributed by atoms with Crippen molar-refractivity contribution in [3.8, 4) is 11.5 Å². The lowest BCUT2D eigenvalue weighted by atomic mass is 9.96. The summed E-state index contributed by atoms with van der Waals surface area (Å²) >= 11 is 0. The van der Waals surface area contributed by atoms with Gasteiger partial charge in [0.05, 0.1) is 0 Å². The number of nitrogens with one attached hydrogen (secondary N) is 1. The fraction of sp³-hybridized carbons (Fsp3) is 0.600. The first-order valence-corrected chi connectivity index (χ1v) is 7.05. The third-order valence-corrected chi connectivity index (χ3v) is 4.07. The van der Waals surface area contributed by atoms with Crippen molar-refractivity contribution in [2.45, 2.75) is 38.3 Å². The van der Waals surface area contributed by atoms with Crippen molar-refractivity contribution in [2.24, 2.45) is 0 Å². The summed E-state index contributed by atoms with van der Waals surface area (Å²) in [5.41, 5.74) is 0.808. The molecule has 2 rings (SSSR count). The molecule has 1 aliphatic heterocycles. The number of phenols is 2. The van der Waals surface area contributed by atoms with Gasteiger partial charge in [-0.2, -0.15) is 0 Å².